The van der Waals surface area contributed by atoms with Gasteiger partial charge in [0.1, 0.15) is 21.9 Å². The molecule has 3 aromatic heterocycles. The summed E-state index contributed by atoms with van der Waals surface area (Å²) in [4.78, 5) is 30.7. The molecule has 3 heterocycles. The third-order valence-electron chi connectivity index (χ3n) is 5.34. The predicted octanol–water partition coefficient (Wildman–Crippen LogP) is 5.73. The molecule has 0 fully saturated rings. The van der Waals surface area contributed by atoms with Gasteiger partial charge in [-0.1, -0.05) is 23.8 Å². The molecular formula is C25H25N3O3S. The van der Waals surface area contributed by atoms with Crippen LogP contribution in [-0.2, 0) is 4.74 Å². The van der Waals surface area contributed by atoms with Crippen LogP contribution in [-0.4, -0.2) is 27.9 Å². The van der Waals surface area contributed by atoms with Crippen LogP contribution in [0.15, 0.2) is 41.9 Å². The molecule has 0 unspecified atom stereocenters. The molecular weight excluding hydrogens is 422 g/mol. The number of thiophene rings is 1. The molecule has 0 bridgehead atoms. The molecule has 0 saturated carbocycles. The van der Waals surface area contributed by atoms with Crippen molar-refractivity contribution in [1.29, 1.82) is 0 Å². The van der Waals surface area contributed by atoms with Crippen molar-refractivity contribution in [2.24, 2.45) is 0 Å². The highest BCUT2D eigenvalue weighted by Crippen LogP contribution is 2.38. The van der Waals surface area contributed by atoms with Crippen molar-refractivity contribution in [2.75, 3.05) is 11.9 Å². The number of hydrogen-bond donors (Lipinski definition) is 1. The zero-order chi connectivity index (χ0) is 23.0. The number of rotatable bonds is 5. The quantitative estimate of drug-likeness (QED) is 0.397. The van der Waals surface area contributed by atoms with Crippen LogP contribution in [0.4, 0.5) is 5.00 Å². The van der Waals surface area contributed by atoms with Crippen molar-refractivity contribution >= 4 is 33.9 Å². The fourth-order valence-electron chi connectivity index (χ4n) is 3.87. The van der Waals surface area contributed by atoms with Crippen LogP contribution >= 0.6 is 11.3 Å². The zero-order valence-electron chi connectivity index (χ0n) is 18.8. The Morgan fingerprint density at radius 3 is 2.53 bits per heavy atom. The summed E-state index contributed by atoms with van der Waals surface area (Å²) in [6, 6.07) is 9.94. The van der Waals surface area contributed by atoms with Crippen molar-refractivity contribution in [3.05, 3.63) is 75.6 Å². The van der Waals surface area contributed by atoms with E-state index >= 15 is 0 Å². The number of imidazole rings is 1. The second kappa shape index (κ2) is 8.59. The molecule has 0 radical (unpaired) electrons. The number of anilines is 1. The predicted molar refractivity (Wildman–Crippen MR) is 128 cm³/mol. The van der Waals surface area contributed by atoms with Crippen molar-refractivity contribution < 1.29 is 14.3 Å². The van der Waals surface area contributed by atoms with Crippen molar-refractivity contribution in [2.45, 2.75) is 34.6 Å². The molecule has 0 aliphatic rings. The number of aryl methyl sites for hydroxylation is 4. The van der Waals surface area contributed by atoms with E-state index in [0.29, 0.717) is 27.6 Å². The summed E-state index contributed by atoms with van der Waals surface area (Å²) in [5.74, 6) is -0.775. The van der Waals surface area contributed by atoms with Crippen LogP contribution in [0.1, 0.15) is 50.2 Å². The number of aromatic nitrogens is 2. The Morgan fingerprint density at radius 2 is 1.81 bits per heavy atom. The fourth-order valence-corrected chi connectivity index (χ4v) is 4.81. The van der Waals surface area contributed by atoms with E-state index in [4.69, 9.17) is 4.74 Å². The normalized spacial score (nSPS) is 11.0. The average Bonchev–Trinajstić information content (AvgIpc) is 3.27. The summed E-state index contributed by atoms with van der Waals surface area (Å²) in [6.45, 7) is 9.84. The van der Waals surface area contributed by atoms with Crippen LogP contribution in [0.2, 0.25) is 0 Å². The highest BCUT2D eigenvalue weighted by atomic mass is 32.1. The summed E-state index contributed by atoms with van der Waals surface area (Å²) >= 11 is 1.31. The first-order valence-corrected chi connectivity index (χ1v) is 11.3. The lowest BCUT2D eigenvalue weighted by Crippen LogP contribution is -2.17. The summed E-state index contributed by atoms with van der Waals surface area (Å²) in [6.07, 6.45) is 1.83. The average molecular weight is 448 g/mol. The number of nitrogens with one attached hydrogen (secondary N) is 1. The van der Waals surface area contributed by atoms with Gasteiger partial charge in [-0.15, -0.1) is 11.3 Å². The Bertz CT molecular complexity index is 1350. The molecule has 0 saturated heterocycles. The van der Waals surface area contributed by atoms with Crippen LogP contribution in [0.5, 0.6) is 0 Å². The van der Waals surface area contributed by atoms with Gasteiger partial charge < -0.3 is 10.1 Å². The third-order valence-corrected chi connectivity index (χ3v) is 6.24. The second-order valence-corrected chi connectivity index (χ2v) is 8.70. The van der Waals surface area contributed by atoms with E-state index in [9.17, 15) is 9.59 Å². The Kier molecular flexibility index (Phi) is 5.84. The summed E-state index contributed by atoms with van der Waals surface area (Å²) in [5.41, 5.74) is 7.11. The van der Waals surface area contributed by atoms with E-state index in [1.165, 1.54) is 11.3 Å². The van der Waals surface area contributed by atoms with Crippen LogP contribution in [0, 0.1) is 27.7 Å². The number of hydrogen-bond acceptors (Lipinski definition) is 5. The number of benzene rings is 1. The summed E-state index contributed by atoms with van der Waals surface area (Å²) in [5, 5.41) is 5.29. The minimum Gasteiger partial charge on any atom is -0.462 e. The van der Waals surface area contributed by atoms with Gasteiger partial charge in [-0.25, -0.2) is 9.78 Å². The van der Waals surface area contributed by atoms with Gasteiger partial charge in [0.2, 0.25) is 0 Å². The molecule has 1 amide bonds. The molecule has 164 valence electrons. The SMILES string of the molecule is CCOC(=O)c1c(-c2ccc(C)cc2C)csc1NC(=O)c1c(C)nc2cc(C)ccn12. The minimum atomic E-state index is -0.454. The van der Waals surface area contributed by atoms with Crippen LogP contribution in [0.25, 0.3) is 16.8 Å². The monoisotopic (exact) mass is 447 g/mol. The van der Waals surface area contributed by atoms with Gasteiger partial charge in [-0.05, 0) is 63.4 Å². The fraction of sp³-hybridized carbons (Fsp3) is 0.240. The first-order valence-electron chi connectivity index (χ1n) is 10.4. The lowest BCUT2D eigenvalue weighted by molar-refractivity contribution is 0.0529. The highest BCUT2D eigenvalue weighted by Gasteiger charge is 2.25. The van der Waals surface area contributed by atoms with Crippen molar-refractivity contribution in [3.63, 3.8) is 0 Å². The van der Waals surface area contributed by atoms with Crippen molar-refractivity contribution in [1.82, 2.24) is 9.38 Å². The molecule has 4 aromatic rings. The lowest BCUT2D eigenvalue weighted by Gasteiger charge is -2.11. The number of nitrogens with zero attached hydrogens (tertiary/aromatic N) is 2. The maximum atomic E-state index is 13.3. The second-order valence-electron chi connectivity index (χ2n) is 7.82. The Hall–Kier alpha value is -3.45. The number of pyridine rings is 1. The number of ether oxygens (including phenoxy) is 1. The van der Waals surface area contributed by atoms with Gasteiger partial charge in [-0.2, -0.15) is 0 Å². The number of fused-ring (bicyclic) bond motifs is 1. The molecule has 0 aliphatic carbocycles. The molecule has 7 heteroatoms. The van der Waals surface area contributed by atoms with Crippen molar-refractivity contribution in [3.8, 4) is 11.1 Å². The molecule has 1 aromatic carbocycles. The van der Waals surface area contributed by atoms with E-state index in [1.807, 2.05) is 56.6 Å². The molecule has 4 rings (SSSR count). The van der Waals surface area contributed by atoms with Gasteiger partial charge >= 0.3 is 5.97 Å². The van der Waals surface area contributed by atoms with Gasteiger partial charge in [0.05, 0.1) is 12.3 Å². The van der Waals surface area contributed by atoms with Crippen LogP contribution < -0.4 is 5.32 Å². The number of esters is 1. The first-order chi connectivity index (χ1) is 15.3. The molecule has 0 aliphatic heterocycles. The van der Waals surface area contributed by atoms with Gasteiger partial charge in [-0.3, -0.25) is 9.20 Å². The maximum Gasteiger partial charge on any atom is 0.341 e. The molecule has 0 spiro atoms. The van der Waals surface area contributed by atoms with E-state index in [-0.39, 0.29) is 12.5 Å². The molecule has 1 N–H and O–H groups in total. The lowest BCUT2D eigenvalue weighted by atomic mass is 9.97. The van der Waals surface area contributed by atoms with E-state index in [2.05, 4.69) is 16.4 Å². The highest BCUT2D eigenvalue weighted by molar-refractivity contribution is 7.15. The standard InChI is InChI=1S/C25H25N3O3S/c1-6-31-25(30)21-19(18-8-7-14(2)11-16(18)4)13-32-24(21)27-23(29)22-17(5)26-20-12-15(3)9-10-28(20)22/h7-13H,6H2,1-5H3,(H,27,29). The van der Waals surface area contributed by atoms with Gasteiger partial charge in [0.15, 0.2) is 0 Å². The molecule has 0 atom stereocenters. The summed E-state index contributed by atoms with van der Waals surface area (Å²) in [7, 11) is 0. The Labute approximate surface area is 190 Å². The number of amides is 1. The topological polar surface area (TPSA) is 72.7 Å². The number of carbonyl (C=O) groups is 2. The molecule has 6 nitrogen and oxygen atoms in total. The third kappa shape index (κ3) is 3.91. The van der Waals surface area contributed by atoms with Gasteiger partial charge in [0.25, 0.3) is 5.91 Å². The van der Waals surface area contributed by atoms with E-state index in [1.54, 1.807) is 18.2 Å². The summed E-state index contributed by atoms with van der Waals surface area (Å²) < 4.78 is 7.10. The smallest absolute Gasteiger partial charge is 0.341 e. The Balaban J connectivity index is 1.77. The first kappa shape index (κ1) is 21.8. The van der Waals surface area contributed by atoms with Gasteiger partial charge in [0, 0.05) is 17.1 Å². The van der Waals surface area contributed by atoms with E-state index < -0.39 is 5.97 Å². The minimum absolute atomic E-state index is 0.250. The Morgan fingerprint density at radius 1 is 1.06 bits per heavy atom. The van der Waals surface area contributed by atoms with Crippen LogP contribution in [0.3, 0.4) is 0 Å². The van der Waals surface area contributed by atoms with E-state index in [0.717, 1.165) is 27.8 Å². The number of carbonyl (C=O) groups excluding carboxylic acids is 2. The molecule has 32 heavy (non-hydrogen) atoms. The largest absolute Gasteiger partial charge is 0.462 e. The zero-order valence-corrected chi connectivity index (χ0v) is 19.6. The maximum absolute atomic E-state index is 13.3.